The van der Waals surface area contributed by atoms with Gasteiger partial charge in [-0.25, -0.2) is 0 Å². The van der Waals surface area contributed by atoms with Crippen molar-refractivity contribution < 1.29 is 29.0 Å². The summed E-state index contributed by atoms with van der Waals surface area (Å²) in [6.07, 6.45) is 12.9. The fourth-order valence-corrected chi connectivity index (χ4v) is 13.2. The Bertz CT molecular complexity index is 1650. The van der Waals surface area contributed by atoms with E-state index in [1.165, 1.54) is 5.57 Å². The van der Waals surface area contributed by atoms with E-state index in [4.69, 9.17) is 4.74 Å². The maximum Gasteiger partial charge on any atom is 0.309 e. The number of carboxylic acid groups (broad SMARTS) is 1. The molecule has 1 aromatic heterocycles. The van der Waals surface area contributed by atoms with E-state index in [2.05, 4.69) is 51.8 Å². The average molecular weight is 746 g/mol. The lowest BCUT2D eigenvalue weighted by molar-refractivity contribution is -0.214. The van der Waals surface area contributed by atoms with E-state index in [9.17, 15) is 24.3 Å². The quantitative estimate of drug-likeness (QED) is 0.206. The van der Waals surface area contributed by atoms with Crippen molar-refractivity contribution in [1.29, 1.82) is 0 Å². The van der Waals surface area contributed by atoms with Crippen molar-refractivity contribution in [3.05, 3.63) is 41.2 Å². The van der Waals surface area contributed by atoms with Gasteiger partial charge in [-0.3, -0.25) is 24.2 Å². The first-order chi connectivity index (χ1) is 25.3. The third-order valence-electron chi connectivity index (χ3n) is 15.8. The van der Waals surface area contributed by atoms with E-state index in [0.717, 1.165) is 68.9 Å². The number of esters is 1. The number of nitrogens with one attached hydrogen (secondary N) is 1. The number of carbonyl (C=O) groups excluding carboxylic acids is 3. The van der Waals surface area contributed by atoms with Crippen molar-refractivity contribution in [2.45, 2.75) is 139 Å². The van der Waals surface area contributed by atoms with E-state index in [-0.39, 0.29) is 52.6 Å². The highest BCUT2D eigenvalue weighted by atomic mass is 16.5. The molecule has 2 N–H and O–H groups in total. The topological polar surface area (TPSA) is 126 Å². The van der Waals surface area contributed by atoms with Gasteiger partial charge in [-0.05, 0) is 136 Å². The number of aromatic nitrogens is 1. The number of ketones is 1. The van der Waals surface area contributed by atoms with Crippen LogP contribution >= 0.6 is 0 Å². The highest BCUT2D eigenvalue weighted by Crippen LogP contribution is 2.73. The molecule has 1 heterocycles. The van der Waals surface area contributed by atoms with Crippen LogP contribution in [0.4, 0.5) is 0 Å². The molecule has 0 bridgehead atoms. The fraction of sp³-hybridized carbons (Fsp3) is 0.756. The first-order valence-electron chi connectivity index (χ1n) is 20.8. The molecule has 1 aromatic rings. The summed E-state index contributed by atoms with van der Waals surface area (Å²) in [6.45, 7) is 18.6. The van der Waals surface area contributed by atoms with Crippen LogP contribution in [-0.2, 0) is 30.5 Å². The standard InChI is InChI=1S/C45H67N3O6/c1-28(2)38-32(49)23-45(20-22-48(36(50)26-46-9)27-29-11-10-21-47-25-29)19-14-31-30(39(38)45)12-13-34-43(31,7)17-15-33-42(5,6)35(16-18-44(33,34)8)54-37(51)24-41(3,4)40(52)53/h10-11,21,25,28,30-31,33-35,46H,12-20,22-24,26-27H2,1-9H3,(H,52,53). The Hall–Kier alpha value is -3.07. The molecule has 8 atom stereocenters. The van der Waals surface area contributed by atoms with Crippen LogP contribution in [0.3, 0.4) is 0 Å². The number of carbonyl (C=O) groups is 4. The molecule has 0 spiro atoms. The molecule has 298 valence electrons. The zero-order valence-corrected chi connectivity index (χ0v) is 34.6. The molecule has 0 saturated heterocycles. The van der Waals surface area contributed by atoms with Crippen LogP contribution in [0.5, 0.6) is 0 Å². The van der Waals surface area contributed by atoms with E-state index < -0.39 is 17.4 Å². The molecular formula is C45H67N3O6. The highest BCUT2D eigenvalue weighted by molar-refractivity contribution is 6.00. The molecule has 5 aliphatic carbocycles. The first-order valence-corrected chi connectivity index (χ1v) is 20.8. The van der Waals surface area contributed by atoms with Crippen LogP contribution in [0.15, 0.2) is 35.7 Å². The van der Waals surface area contributed by atoms with Gasteiger partial charge in [-0.15, -0.1) is 0 Å². The Kier molecular flexibility index (Phi) is 11.1. The average Bonchev–Trinajstić information content (AvgIpc) is 3.40. The fourth-order valence-electron chi connectivity index (χ4n) is 13.2. The molecule has 9 heteroatoms. The van der Waals surface area contributed by atoms with Gasteiger partial charge in [0.2, 0.25) is 5.91 Å². The van der Waals surface area contributed by atoms with Gasteiger partial charge in [0.05, 0.1) is 18.4 Å². The zero-order chi connectivity index (χ0) is 39.4. The minimum absolute atomic E-state index is 0.0694. The number of pyridine rings is 1. The van der Waals surface area contributed by atoms with Gasteiger partial charge in [0.1, 0.15) is 6.10 Å². The minimum atomic E-state index is -1.16. The number of ether oxygens (including phenoxy) is 1. The normalized spacial score (nSPS) is 34.4. The van der Waals surface area contributed by atoms with Gasteiger partial charge < -0.3 is 20.1 Å². The lowest BCUT2D eigenvalue weighted by Gasteiger charge is -2.69. The van der Waals surface area contributed by atoms with E-state index >= 15 is 0 Å². The van der Waals surface area contributed by atoms with Gasteiger partial charge in [0, 0.05) is 42.7 Å². The molecule has 5 aliphatic rings. The van der Waals surface area contributed by atoms with Crippen LogP contribution in [0.2, 0.25) is 0 Å². The van der Waals surface area contributed by atoms with E-state index in [1.54, 1.807) is 20.0 Å². The number of likely N-dealkylation sites (N-methyl/N-ethyl adjacent to an activating group) is 1. The van der Waals surface area contributed by atoms with Gasteiger partial charge in [-0.1, -0.05) is 53.2 Å². The maximum atomic E-state index is 14.1. The summed E-state index contributed by atoms with van der Waals surface area (Å²) in [6, 6.07) is 3.94. The number of amides is 1. The molecule has 0 radical (unpaired) electrons. The summed E-state index contributed by atoms with van der Waals surface area (Å²) in [7, 11) is 1.81. The summed E-state index contributed by atoms with van der Waals surface area (Å²) < 4.78 is 6.17. The molecule has 1 amide bonds. The maximum absolute atomic E-state index is 14.1. The number of aliphatic carboxylic acids is 1. The smallest absolute Gasteiger partial charge is 0.309 e. The molecule has 4 saturated carbocycles. The minimum Gasteiger partial charge on any atom is -0.481 e. The number of nitrogens with zero attached hydrogens (tertiary/aromatic N) is 2. The SMILES string of the molecule is CNCC(=O)N(CCC12CCC3C(CCC4C3(C)CCC3C(C)(C)C(OC(=O)CC(C)(C)C(=O)O)CCC34C)C1=C(C(C)C)C(=O)C2)Cc1cccnc1. The molecule has 4 fully saturated rings. The van der Waals surface area contributed by atoms with Crippen LogP contribution in [0.25, 0.3) is 0 Å². The number of hydrogen-bond acceptors (Lipinski definition) is 7. The number of hydrogen-bond donors (Lipinski definition) is 2. The van der Waals surface area contributed by atoms with Crippen LogP contribution in [0, 0.1) is 56.7 Å². The van der Waals surface area contributed by atoms with Crippen molar-refractivity contribution >= 4 is 23.6 Å². The van der Waals surface area contributed by atoms with Gasteiger partial charge in [0.15, 0.2) is 5.78 Å². The Balaban J connectivity index is 1.24. The molecule has 54 heavy (non-hydrogen) atoms. The summed E-state index contributed by atoms with van der Waals surface area (Å²) in [4.78, 5) is 58.6. The summed E-state index contributed by atoms with van der Waals surface area (Å²) in [5.41, 5.74) is 2.20. The molecular weight excluding hydrogens is 679 g/mol. The lowest BCUT2D eigenvalue weighted by atomic mass is 9.36. The Labute approximate surface area is 323 Å². The van der Waals surface area contributed by atoms with Crippen molar-refractivity contribution in [3.63, 3.8) is 0 Å². The predicted molar refractivity (Wildman–Crippen MR) is 209 cm³/mol. The predicted octanol–water partition coefficient (Wildman–Crippen LogP) is 8.02. The zero-order valence-electron chi connectivity index (χ0n) is 34.6. The molecule has 0 aromatic carbocycles. The van der Waals surface area contributed by atoms with Crippen molar-refractivity contribution in [3.8, 4) is 0 Å². The number of rotatable bonds is 12. The second kappa shape index (κ2) is 14.8. The molecule has 9 nitrogen and oxygen atoms in total. The monoisotopic (exact) mass is 746 g/mol. The lowest BCUT2D eigenvalue weighted by Crippen LogP contribution is -2.63. The molecule has 0 aliphatic heterocycles. The summed E-state index contributed by atoms with van der Waals surface area (Å²) in [5.74, 6) is 0.974. The van der Waals surface area contributed by atoms with Crippen LogP contribution in [-0.4, -0.2) is 64.9 Å². The number of carboxylic acids is 1. The largest absolute Gasteiger partial charge is 0.481 e. The first kappa shape index (κ1) is 40.6. The van der Waals surface area contributed by atoms with Gasteiger partial charge in [0.25, 0.3) is 0 Å². The van der Waals surface area contributed by atoms with Gasteiger partial charge in [-0.2, -0.15) is 0 Å². The molecule has 6 rings (SSSR count). The summed E-state index contributed by atoms with van der Waals surface area (Å²) in [5, 5.41) is 12.7. The van der Waals surface area contributed by atoms with E-state index in [1.807, 2.05) is 30.3 Å². The van der Waals surface area contributed by atoms with E-state index in [0.29, 0.717) is 49.0 Å². The Morgan fingerprint density at radius 1 is 1.02 bits per heavy atom. The van der Waals surface area contributed by atoms with Crippen molar-refractivity contribution in [1.82, 2.24) is 15.2 Å². The second-order valence-electron chi connectivity index (χ2n) is 20.0. The van der Waals surface area contributed by atoms with Crippen molar-refractivity contribution in [2.75, 3.05) is 20.1 Å². The third-order valence-corrected chi connectivity index (χ3v) is 15.8. The highest BCUT2D eigenvalue weighted by Gasteiger charge is 2.66. The number of fused-ring (bicyclic) bond motifs is 7. The van der Waals surface area contributed by atoms with Crippen LogP contribution < -0.4 is 5.32 Å². The van der Waals surface area contributed by atoms with Crippen LogP contribution in [0.1, 0.15) is 132 Å². The Morgan fingerprint density at radius 2 is 1.74 bits per heavy atom. The van der Waals surface area contributed by atoms with Gasteiger partial charge >= 0.3 is 11.9 Å². The molecule has 8 unspecified atom stereocenters. The second-order valence-corrected chi connectivity index (χ2v) is 20.0. The number of allylic oxidation sites excluding steroid dienone is 2. The Morgan fingerprint density at radius 3 is 2.39 bits per heavy atom. The summed E-state index contributed by atoms with van der Waals surface area (Å²) >= 11 is 0. The third kappa shape index (κ3) is 6.98. The van der Waals surface area contributed by atoms with Crippen molar-refractivity contribution in [2.24, 2.45) is 56.7 Å². The number of Topliss-reactive ketones (excluding diaryl/α,β-unsaturated/α-hetero) is 1.